The number of carbonyl (C=O) groups is 1. The average Bonchev–Trinajstić information content (AvgIpc) is 3.18. The molecule has 1 saturated carbocycles. The van der Waals surface area contributed by atoms with Gasteiger partial charge in [-0.05, 0) is 45.2 Å². The molecular weight excluding hydrogens is 252 g/mol. The second-order valence-electron chi connectivity index (χ2n) is 6.03. The lowest BCUT2D eigenvalue weighted by molar-refractivity contribution is -0.135. The molecule has 2 aliphatic rings. The fraction of sp³-hybridized carbons (Fsp3) is 0.733. The van der Waals surface area contributed by atoms with Crippen LogP contribution in [-0.2, 0) is 4.79 Å². The molecule has 1 N–H and O–H groups in total. The summed E-state index contributed by atoms with van der Waals surface area (Å²) in [5, 5.41) is 7.74. The lowest BCUT2D eigenvalue weighted by atomic mass is 10.0. The van der Waals surface area contributed by atoms with Gasteiger partial charge in [-0.1, -0.05) is 6.42 Å². The van der Waals surface area contributed by atoms with Crippen LogP contribution in [0.4, 0.5) is 0 Å². The smallest absolute Gasteiger partial charge is 0.247 e. The summed E-state index contributed by atoms with van der Waals surface area (Å²) in [5.74, 6) is 0.212. The van der Waals surface area contributed by atoms with Crippen LogP contribution in [0.5, 0.6) is 0 Å². The molecule has 3 rings (SSSR count). The first-order valence-electron chi connectivity index (χ1n) is 7.78. The predicted octanol–water partition coefficient (Wildman–Crippen LogP) is 1.58. The summed E-state index contributed by atoms with van der Waals surface area (Å²) in [7, 11) is 0. The van der Waals surface area contributed by atoms with Gasteiger partial charge in [0.2, 0.25) is 5.91 Å². The molecule has 1 aliphatic carbocycles. The van der Waals surface area contributed by atoms with Crippen LogP contribution in [0.15, 0.2) is 18.5 Å². The minimum Gasteiger partial charge on any atom is -0.336 e. The summed E-state index contributed by atoms with van der Waals surface area (Å²) in [4.78, 5) is 14.8. The van der Waals surface area contributed by atoms with Crippen molar-refractivity contribution >= 4 is 5.91 Å². The number of hydrogen-bond acceptors (Lipinski definition) is 3. The van der Waals surface area contributed by atoms with E-state index in [-0.39, 0.29) is 11.9 Å². The summed E-state index contributed by atoms with van der Waals surface area (Å²) < 4.78 is 1.76. The highest BCUT2D eigenvalue weighted by Crippen LogP contribution is 2.29. The average molecular weight is 276 g/mol. The SMILES string of the molecule is CC(C(=O)N(CC1CCCCN1)C1CC1)n1cccn1. The Hall–Kier alpha value is -1.36. The van der Waals surface area contributed by atoms with Crippen molar-refractivity contribution in [2.75, 3.05) is 13.1 Å². The Morgan fingerprint density at radius 2 is 2.30 bits per heavy atom. The zero-order chi connectivity index (χ0) is 13.9. The largest absolute Gasteiger partial charge is 0.336 e. The summed E-state index contributed by atoms with van der Waals surface area (Å²) in [6.45, 7) is 3.89. The number of nitrogens with one attached hydrogen (secondary N) is 1. The van der Waals surface area contributed by atoms with E-state index >= 15 is 0 Å². The first-order valence-corrected chi connectivity index (χ1v) is 7.78. The second-order valence-corrected chi connectivity index (χ2v) is 6.03. The van der Waals surface area contributed by atoms with Gasteiger partial charge >= 0.3 is 0 Å². The van der Waals surface area contributed by atoms with E-state index in [4.69, 9.17) is 0 Å². The molecule has 5 heteroatoms. The van der Waals surface area contributed by atoms with Gasteiger partial charge < -0.3 is 10.2 Å². The third-order valence-electron chi connectivity index (χ3n) is 4.38. The molecule has 20 heavy (non-hydrogen) atoms. The van der Waals surface area contributed by atoms with Gasteiger partial charge in [0, 0.05) is 31.0 Å². The molecule has 0 spiro atoms. The molecule has 110 valence electrons. The van der Waals surface area contributed by atoms with Gasteiger partial charge in [0.25, 0.3) is 0 Å². The first-order chi connectivity index (χ1) is 9.75. The van der Waals surface area contributed by atoms with E-state index in [1.165, 1.54) is 19.3 Å². The van der Waals surface area contributed by atoms with Gasteiger partial charge in [-0.2, -0.15) is 5.10 Å². The van der Waals surface area contributed by atoms with Crippen molar-refractivity contribution in [3.05, 3.63) is 18.5 Å². The summed E-state index contributed by atoms with van der Waals surface area (Å²) >= 11 is 0. The predicted molar refractivity (Wildman–Crippen MR) is 77.3 cm³/mol. The molecule has 1 amide bonds. The van der Waals surface area contributed by atoms with E-state index < -0.39 is 0 Å². The van der Waals surface area contributed by atoms with Crippen molar-refractivity contribution in [2.24, 2.45) is 0 Å². The number of piperidine rings is 1. The number of nitrogens with zero attached hydrogens (tertiary/aromatic N) is 3. The number of aromatic nitrogens is 2. The number of rotatable bonds is 5. The first kappa shape index (κ1) is 13.6. The van der Waals surface area contributed by atoms with Crippen LogP contribution in [0.2, 0.25) is 0 Å². The van der Waals surface area contributed by atoms with E-state index in [9.17, 15) is 4.79 Å². The normalized spacial score (nSPS) is 24.4. The minimum atomic E-state index is -0.200. The monoisotopic (exact) mass is 276 g/mol. The highest BCUT2D eigenvalue weighted by molar-refractivity contribution is 5.80. The van der Waals surface area contributed by atoms with Crippen molar-refractivity contribution in [2.45, 2.75) is 57.2 Å². The third kappa shape index (κ3) is 3.03. The maximum absolute atomic E-state index is 12.7. The molecule has 0 aromatic carbocycles. The number of amides is 1. The van der Waals surface area contributed by atoms with Gasteiger partial charge in [-0.3, -0.25) is 9.48 Å². The Bertz CT molecular complexity index is 435. The molecule has 2 fully saturated rings. The molecule has 2 atom stereocenters. The van der Waals surface area contributed by atoms with Crippen LogP contribution in [-0.4, -0.2) is 45.8 Å². The Balaban J connectivity index is 1.65. The number of carbonyl (C=O) groups excluding carboxylic acids is 1. The van der Waals surface area contributed by atoms with Gasteiger partial charge in [-0.15, -0.1) is 0 Å². The fourth-order valence-electron chi connectivity index (χ4n) is 2.99. The lowest BCUT2D eigenvalue weighted by Crippen LogP contribution is -2.48. The Labute approximate surface area is 120 Å². The number of hydrogen-bond donors (Lipinski definition) is 1. The van der Waals surface area contributed by atoms with Gasteiger partial charge in [0.1, 0.15) is 6.04 Å². The highest BCUT2D eigenvalue weighted by atomic mass is 16.2. The lowest BCUT2D eigenvalue weighted by Gasteiger charge is -2.32. The van der Waals surface area contributed by atoms with Crippen LogP contribution in [0.3, 0.4) is 0 Å². The topological polar surface area (TPSA) is 50.2 Å². The van der Waals surface area contributed by atoms with Crippen LogP contribution in [0.1, 0.15) is 45.1 Å². The van der Waals surface area contributed by atoms with E-state index in [0.717, 1.165) is 25.9 Å². The fourth-order valence-corrected chi connectivity index (χ4v) is 2.99. The maximum Gasteiger partial charge on any atom is 0.247 e. The molecule has 5 nitrogen and oxygen atoms in total. The molecule has 1 saturated heterocycles. The van der Waals surface area contributed by atoms with Crippen molar-refractivity contribution < 1.29 is 4.79 Å². The molecular formula is C15H24N4O. The van der Waals surface area contributed by atoms with Crippen LogP contribution < -0.4 is 5.32 Å². The van der Waals surface area contributed by atoms with Crippen molar-refractivity contribution in [1.29, 1.82) is 0 Å². The third-order valence-corrected chi connectivity index (χ3v) is 4.38. The standard InChI is InChI=1S/C15H24N4O/c1-12(19-10-4-9-17-19)15(20)18(14-6-7-14)11-13-5-2-3-8-16-13/h4,9-10,12-14,16H,2-3,5-8,11H2,1H3. The summed E-state index contributed by atoms with van der Waals surface area (Å²) in [6.07, 6.45) is 9.64. The Morgan fingerprint density at radius 3 is 2.90 bits per heavy atom. The van der Waals surface area contributed by atoms with Gasteiger partial charge in [0.05, 0.1) is 0 Å². The molecule has 2 heterocycles. The summed E-state index contributed by atoms with van der Waals surface area (Å²) in [6, 6.07) is 2.60. The molecule has 0 bridgehead atoms. The van der Waals surface area contributed by atoms with Gasteiger partial charge in [0.15, 0.2) is 0 Å². The molecule has 1 aromatic heterocycles. The van der Waals surface area contributed by atoms with Crippen LogP contribution in [0.25, 0.3) is 0 Å². The van der Waals surface area contributed by atoms with E-state index in [1.807, 2.05) is 19.2 Å². The Kier molecular flexibility index (Phi) is 4.05. The minimum absolute atomic E-state index is 0.200. The van der Waals surface area contributed by atoms with Crippen LogP contribution in [0, 0.1) is 0 Å². The quantitative estimate of drug-likeness (QED) is 0.888. The highest BCUT2D eigenvalue weighted by Gasteiger charge is 2.36. The molecule has 0 radical (unpaired) electrons. The summed E-state index contributed by atoms with van der Waals surface area (Å²) in [5.41, 5.74) is 0. The van der Waals surface area contributed by atoms with E-state index in [2.05, 4.69) is 15.3 Å². The molecule has 1 aromatic rings. The second kappa shape index (κ2) is 5.95. The zero-order valence-corrected chi connectivity index (χ0v) is 12.2. The van der Waals surface area contributed by atoms with Crippen molar-refractivity contribution in [3.8, 4) is 0 Å². The van der Waals surface area contributed by atoms with Gasteiger partial charge in [-0.25, -0.2) is 0 Å². The zero-order valence-electron chi connectivity index (χ0n) is 12.2. The van der Waals surface area contributed by atoms with Crippen molar-refractivity contribution in [3.63, 3.8) is 0 Å². The maximum atomic E-state index is 12.7. The van der Waals surface area contributed by atoms with Crippen molar-refractivity contribution in [1.82, 2.24) is 20.0 Å². The van der Waals surface area contributed by atoms with E-state index in [1.54, 1.807) is 10.9 Å². The van der Waals surface area contributed by atoms with Crippen LogP contribution >= 0.6 is 0 Å². The van der Waals surface area contributed by atoms with E-state index in [0.29, 0.717) is 12.1 Å². The Morgan fingerprint density at radius 1 is 1.45 bits per heavy atom. The molecule has 2 unspecified atom stereocenters. The molecule has 1 aliphatic heterocycles.